The van der Waals surface area contributed by atoms with Crippen molar-refractivity contribution in [1.29, 1.82) is 0 Å². The van der Waals surface area contributed by atoms with Crippen LogP contribution in [0.25, 0.3) is 0 Å². The molecule has 1 fully saturated rings. The number of ether oxygens (including phenoxy) is 1. The van der Waals surface area contributed by atoms with Gasteiger partial charge in [0.1, 0.15) is 11.6 Å². The van der Waals surface area contributed by atoms with Gasteiger partial charge in [-0.2, -0.15) is 0 Å². The largest absolute Gasteiger partial charge is 0.374 e. The molecular weight excluding hydrogens is 238 g/mol. The highest BCUT2D eigenvalue weighted by molar-refractivity contribution is 5.18. The number of halogens is 2. The second-order valence-electron chi connectivity index (χ2n) is 4.71. The molecule has 1 saturated heterocycles. The van der Waals surface area contributed by atoms with Gasteiger partial charge in [-0.15, -0.1) is 0 Å². The Bertz CT molecular complexity index is 414. The maximum atomic E-state index is 13.6. The molecule has 2 unspecified atom stereocenters. The van der Waals surface area contributed by atoms with Gasteiger partial charge in [-0.25, -0.2) is 8.78 Å². The highest BCUT2D eigenvalue weighted by Crippen LogP contribution is 2.17. The monoisotopic (exact) mass is 256 g/mol. The first-order valence-corrected chi connectivity index (χ1v) is 6.09. The lowest BCUT2D eigenvalue weighted by molar-refractivity contribution is -0.0570. The zero-order valence-corrected chi connectivity index (χ0v) is 10.4. The van der Waals surface area contributed by atoms with Crippen LogP contribution < -0.4 is 5.73 Å². The molecular formula is C13H18F2N2O. The van der Waals surface area contributed by atoms with Crippen molar-refractivity contribution in [2.24, 2.45) is 5.73 Å². The third-order valence-electron chi connectivity index (χ3n) is 3.28. The Morgan fingerprint density at radius 1 is 1.44 bits per heavy atom. The zero-order valence-electron chi connectivity index (χ0n) is 10.4. The molecule has 1 aromatic rings. The van der Waals surface area contributed by atoms with Gasteiger partial charge in [-0.1, -0.05) is 0 Å². The maximum absolute atomic E-state index is 13.6. The molecule has 1 aromatic carbocycles. The van der Waals surface area contributed by atoms with E-state index < -0.39 is 5.82 Å². The molecule has 1 aliphatic heterocycles. The first kappa shape index (κ1) is 13.4. The molecule has 1 aliphatic rings. The van der Waals surface area contributed by atoms with E-state index in [1.54, 1.807) is 0 Å². The molecule has 0 spiro atoms. The van der Waals surface area contributed by atoms with Crippen molar-refractivity contribution < 1.29 is 13.5 Å². The van der Waals surface area contributed by atoms with Crippen LogP contribution in [0.1, 0.15) is 12.5 Å². The van der Waals surface area contributed by atoms with Crippen molar-refractivity contribution >= 4 is 0 Å². The fourth-order valence-electron chi connectivity index (χ4n) is 2.12. The summed E-state index contributed by atoms with van der Waals surface area (Å²) in [4.78, 5) is 2.07. The van der Waals surface area contributed by atoms with Gasteiger partial charge in [0.25, 0.3) is 0 Å². The van der Waals surface area contributed by atoms with Crippen LogP contribution >= 0.6 is 0 Å². The van der Waals surface area contributed by atoms with Crippen LogP contribution in [0.3, 0.4) is 0 Å². The summed E-state index contributed by atoms with van der Waals surface area (Å²) < 4.78 is 32.2. The Kier molecular flexibility index (Phi) is 4.27. The van der Waals surface area contributed by atoms with E-state index in [9.17, 15) is 8.78 Å². The molecule has 0 amide bonds. The van der Waals surface area contributed by atoms with Gasteiger partial charge in [-0.05, 0) is 25.1 Å². The van der Waals surface area contributed by atoms with Crippen molar-refractivity contribution in [3.05, 3.63) is 35.4 Å². The maximum Gasteiger partial charge on any atom is 0.127 e. The van der Waals surface area contributed by atoms with E-state index in [0.29, 0.717) is 31.8 Å². The average Bonchev–Trinajstić information content (AvgIpc) is 2.36. The standard InChI is InChI=1S/C13H18F2N2O/c1-9-8-18-12(5-16)7-17(9)6-10-4-11(14)2-3-13(10)15/h2-4,9,12H,5-8,16H2,1H3. The molecule has 5 heteroatoms. The minimum Gasteiger partial charge on any atom is -0.374 e. The first-order valence-electron chi connectivity index (χ1n) is 6.09. The first-order chi connectivity index (χ1) is 8.60. The third-order valence-corrected chi connectivity index (χ3v) is 3.28. The minimum absolute atomic E-state index is 0.0298. The van der Waals surface area contributed by atoms with Crippen LogP contribution in [-0.4, -0.2) is 36.7 Å². The molecule has 0 saturated carbocycles. The van der Waals surface area contributed by atoms with Crippen LogP contribution in [-0.2, 0) is 11.3 Å². The summed E-state index contributed by atoms with van der Waals surface area (Å²) in [6.07, 6.45) is -0.0298. The lowest BCUT2D eigenvalue weighted by Crippen LogP contribution is -2.50. The summed E-state index contributed by atoms with van der Waals surface area (Å²) in [6, 6.07) is 3.71. The molecule has 2 atom stereocenters. The second kappa shape index (κ2) is 5.73. The molecule has 18 heavy (non-hydrogen) atoms. The number of rotatable bonds is 3. The van der Waals surface area contributed by atoms with E-state index in [4.69, 9.17) is 10.5 Å². The Labute approximate surface area is 106 Å². The fourth-order valence-corrected chi connectivity index (χ4v) is 2.12. The summed E-state index contributed by atoms with van der Waals surface area (Å²) in [6.45, 7) is 4.04. The van der Waals surface area contributed by atoms with Crippen LogP contribution in [0.2, 0.25) is 0 Å². The van der Waals surface area contributed by atoms with Crippen molar-refractivity contribution in [1.82, 2.24) is 4.90 Å². The van der Waals surface area contributed by atoms with E-state index in [0.717, 1.165) is 12.1 Å². The van der Waals surface area contributed by atoms with Crippen LogP contribution in [0.15, 0.2) is 18.2 Å². The molecule has 0 aliphatic carbocycles. The number of nitrogens with zero attached hydrogens (tertiary/aromatic N) is 1. The van der Waals surface area contributed by atoms with E-state index in [-0.39, 0.29) is 18.0 Å². The Hall–Kier alpha value is -1.04. The van der Waals surface area contributed by atoms with E-state index >= 15 is 0 Å². The lowest BCUT2D eigenvalue weighted by Gasteiger charge is -2.37. The third kappa shape index (κ3) is 3.04. The highest BCUT2D eigenvalue weighted by Gasteiger charge is 2.25. The summed E-state index contributed by atoms with van der Waals surface area (Å²) in [5.74, 6) is -0.790. The summed E-state index contributed by atoms with van der Waals surface area (Å²) in [5.41, 5.74) is 5.95. The summed E-state index contributed by atoms with van der Waals surface area (Å²) in [7, 11) is 0. The fraction of sp³-hybridized carbons (Fsp3) is 0.538. The molecule has 3 nitrogen and oxygen atoms in total. The quantitative estimate of drug-likeness (QED) is 0.891. The predicted octanol–water partition coefficient (Wildman–Crippen LogP) is 1.51. The Balaban J connectivity index is 2.09. The minimum atomic E-state index is -0.414. The molecule has 0 bridgehead atoms. The van der Waals surface area contributed by atoms with Gasteiger partial charge in [0, 0.05) is 31.2 Å². The molecule has 2 N–H and O–H groups in total. The van der Waals surface area contributed by atoms with Crippen molar-refractivity contribution in [3.8, 4) is 0 Å². The molecule has 2 rings (SSSR count). The topological polar surface area (TPSA) is 38.5 Å². The SMILES string of the molecule is CC1COC(CN)CN1Cc1cc(F)ccc1F. The number of hydrogen-bond donors (Lipinski definition) is 1. The number of hydrogen-bond acceptors (Lipinski definition) is 3. The highest BCUT2D eigenvalue weighted by atomic mass is 19.1. The summed E-state index contributed by atoms with van der Waals surface area (Å²) >= 11 is 0. The van der Waals surface area contributed by atoms with Crippen LogP contribution in [0, 0.1) is 11.6 Å². The Morgan fingerprint density at radius 2 is 2.22 bits per heavy atom. The average molecular weight is 256 g/mol. The van der Waals surface area contributed by atoms with Gasteiger partial charge in [0.2, 0.25) is 0 Å². The molecule has 0 aromatic heterocycles. The molecule has 0 radical (unpaired) electrons. The number of morpholine rings is 1. The van der Waals surface area contributed by atoms with Gasteiger partial charge in [0.15, 0.2) is 0 Å². The summed E-state index contributed by atoms with van der Waals surface area (Å²) in [5, 5.41) is 0. The predicted molar refractivity (Wildman–Crippen MR) is 65.0 cm³/mol. The van der Waals surface area contributed by atoms with Gasteiger partial charge in [-0.3, -0.25) is 4.90 Å². The lowest BCUT2D eigenvalue weighted by atomic mass is 10.1. The Morgan fingerprint density at radius 3 is 2.94 bits per heavy atom. The number of benzene rings is 1. The van der Waals surface area contributed by atoms with E-state index in [2.05, 4.69) is 4.90 Å². The smallest absolute Gasteiger partial charge is 0.127 e. The molecule has 100 valence electrons. The van der Waals surface area contributed by atoms with Crippen molar-refractivity contribution in [3.63, 3.8) is 0 Å². The van der Waals surface area contributed by atoms with Crippen LogP contribution in [0.4, 0.5) is 8.78 Å². The normalized spacial score (nSPS) is 25.3. The van der Waals surface area contributed by atoms with Crippen molar-refractivity contribution in [2.75, 3.05) is 19.7 Å². The van der Waals surface area contributed by atoms with Gasteiger partial charge >= 0.3 is 0 Å². The zero-order chi connectivity index (χ0) is 13.1. The van der Waals surface area contributed by atoms with Crippen LogP contribution in [0.5, 0.6) is 0 Å². The second-order valence-corrected chi connectivity index (χ2v) is 4.71. The molecule has 1 heterocycles. The van der Waals surface area contributed by atoms with Crippen molar-refractivity contribution in [2.45, 2.75) is 25.6 Å². The van der Waals surface area contributed by atoms with Gasteiger partial charge < -0.3 is 10.5 Å². The van der Waals surface area contributed by atoms with Gasteiger partial charge in [0.05, 0.1) is 12.7 Å². The van der Waals surface area contributed by atoms with E-state index in [1.807, 2.05) is 6.92 Å². The number of nitrogens with two attached hydrogens (primary N) is 1. The van der Waals surface area contributed by atoms with E-state index in [1.165, 1.54) is 6.07 Å².